The molecule has 0 spiro atoms. The van der Waals surface area contributed by atoms with E-state index in [0.29, 0.717) is 12.4 Å². The fourth-order valence-corrected chi connectivity index (χ4v) is 1.39. The van der Waals surface area contributed by atoms with Gasteiger partial charge in [0.25, 0.3) is 5.91 Å². The molecule has 1 aromatic heterocycles. The molecular formula is C12H20Cl2N4O. The zero-order valence-corrected chi connectivity index (χ0v) is 13.1. The van der Waals surface area contributed by atoms with Crippen LogP contribution in [0.4, 0.5) is 0 Å². The molecule has 0 aromatic carbocycles. The first-order valence-electron chi connectivity index (χ1n) is 5.80. The first-order valence-corrected chi connectivity index (χ1v) is 6.18. The van der Waals surface area contributed by atoms with Crippen molar-refractivity contribution in [3.05, 3.63) is 22.7 Å². The molecule has 0 radical (unpaired) electrons. The van der Waals surface area contributed by atoms with E-state index in [1.165, 1.54) is 6.20 Å². The van der Waals surface area contributed by atoms with Gasteiger partial charge >= 0.3 is 0 Å². The Balaban J connectivity index is 0.00000324. The van der Waals surface area contributed by atoms with Gasteiger partial charge in [0.05, 0.1) is 11.2 Å². The first-order chi connectivity index (χ1) is 8.20. The summed E-state index contributed by atoms with van der Waals surface area (Å²) in [5, 5.41) is 2.95. The molecule has 108 valence electrons. The molecule has 0 aliphatic carbocycles. The molecule has 0 saturated carbocycles. The summed E-state index contributed by atoms with van der Waals surface area (Å²) in [5.41, 5.74) is 5.52. The van der Waals surface area contributed by atoms with E-state index >= 15 is 0 Å². The fraction of sp³-hybridized carbons (Fsp3) is 0.583. The molecule has 1 amide bonds. The van der Waals surface area contributed by atoms with Gasteiger partial charge in [-0.2, -0.15) is 0 Å². The maximum atomic E-state index is 11.9. The van der Waals surface area contributed by atoms with Crippen molar-refractivity contribution in [2.24, 2.45) is 5.73 Å². The van der Waals surface area contributed by atoms with Crippen LogP contribution >= 0.6 is 24.0 Å². The lowest BCUT2D eigenvalue weighted by Gasteiger charge is -2.19. The number of nitrogens with zero attached hydrogens (tertiary/aromatic N) is 2. The van der Waals surface area contributed by atoms with E-state index in [9.17, 15) is 4.79 Å². The summed E-state index contributed by atoms with van der Waals surface area (Å²) in [6.45, 7) is 7.91. The molecule has 19 heavy (non-hydrogen) atoms. The van der Waals surface area contributed by atoms with Gasteiger partial charge in [0, 0.05) is 18.0 Å². The Morgan fingerprint density at radius 1 is 1.53 bits per heavy atom. The van der Waals surface area contributed by atoms with Gasteiger partial charge < -0.3 is 11.1 Å². The molecule has 0 aliphatic heterocycles. The molecule has 1 heterocycles. The Bertz CT molecular complexity index is 444. The highest BCUT2D eigenvalue weighted by Gasteiger charge is 2.18. The second-order valence-electron chi connectivity index (χ2n) is 5.25. The third kappa shape index (κ3) is 5.72. The molecule has 7 heteroatoms. The Hall–Kier alpha value is -0.910. The van der Waals surface area contributed by atoms with Crippen molar-refractivity contribution in [1.82, 2.24) is 15.3 Å². The van der Waals surface area contributed by atoms with Crippen LogP contribution in [0.1, 0.15) is 49.9 Å². The fourth-order valence-electron chi connectivity index (χ4n) is 1.21. The normalized spacial score (nSPS) is 11.1. The van der Waals surface area contributed by atoms with E-state index < -0.39 is 5.54 Å². The van der Waals surface area contributed by atoms with E-state index in [1.807, 2.05) is 27.7 Å². The van der Waals surface area contributed by atoms with Crippen LogP contribution in [0.5, 0.6) is 0 Å². The average molecular weight is 307 g/mol. The zero-order valence-electron chi connectivity index (χ0n) is 11.5. The standard InChI is InChI=1S/C12H19ClN4O.ClH/c1-7(2)10-15-5-8(13)9(17-10)11(18)16-6-12(3,4)14;/h5,7H,6,14H2,1-4H3,(H,16,18);1H. The molecule has 1 rings (SSSR count). The maximum absolute atomic E-state index is 11.9. The lowest BCUT2D eigenvalue weighted by molar-refractivity contribution is 0.0940. The number of carbonyl (C=O) groups is 1. The number of rotatable bonds is 4. The maximum Gasteiger partial charge on any atom is 0.271 e. The summed E-state index contributed by atoms with van der Waals surface area (Å²) >= 11 is 5.93. The van der Waals surface area contributed by atoms with Crippen molar-refractivity contribution in [1.29, 1.82) is 0 Å². The number of hydrogen-bond acceptors (Lipinski definition) is 4. The summed E-state index contributed by atoms with van der Waals surface area (Å²) in [6, 6.07) is 0. The van der Waals surface area contributed by atoms with Crippen molar-refractivity contribution in [3.63, 3.8) is 0 Å². The molecule has 0 fully saturated rings. The quantitative estimate of drug-likeness (QED) is 0.893. The Kier molecular flexibility index (Phi) is 6.69. The minimum atomic E-state index is -0.476. The number of nitrogens with two attached hydrogens (primary N) is 1. The highest BCUT2D eigenvalue weighted by atomic mass is 35.5. The van der Waals surface area contributed by atoms with Gasteiger partial charge in [-0.05, 0) is 13.8 Å². The number of halogens is 2. The molecule has 1 aromatic rings. The van der Waals surface area contributed by atoms with Crippen molar-refractivity contribution >= 4 is 29.9 Å². The minimum absolute atomic E-state index is 0. The zero-order chi connectivity index (χ0) is 13.9. The largest absolute Gasteiger partial charge is 0.349 e. The number of aromatic nitrogens is 2. The molecule has 0 saturated heterocycles. The Morgan fingerprint density at radius 3 is 2.58 bits per heavy atom. The first kappa shape index (κ1) is 18.1. The number of hydrogen-bond donors (Lipinski definition) is 2. The van der Waals surface area contributed by atoms with Crippen molar-refractivity contribution in [2.45, 2.75) is 39.2 Å². The third-order valence-corrected chi connectivity index (χ3v) is 2.48. The van der Waals surface area contributed by atoms with Crippen LogP contribution in [0.2, 0.25) is 5.02 Å². The van der Waals surface area contributed by atoms with E-state index in [-0.39, 0.29) is 34.9 Å². The predicted octanol–water partition coefficient (Wildman–Crippen LogP) is 2.14. The van der Waals surface area contributed by atoms with Crippen LogP contribution in [0.25, 0.3) is 0 Å². The van der Waals surface area contributed by atoms with E-state index in [0.717, 1.165) is 0 Å². The number of nitrogens with one attached hydrogen (secondary N) is 1. The van der Waals surface area contributed by atoms with Crippen molar-refractivity contribution in [3.8, 4) is 0 Å². The Morgan fingerprint density at radius 2 is 2.11 bits per heavy atom. The van der Waals surface area contributed by atoms with Crippen LogP contribution in [-0.4, -0.2) is 28.0 Å². The highest BCUT2D eigenvalue weighted by Crippen LogP contribution is 2.16. The van der Waals surface area contributed by atoms with Crippen LogP contribution in [0.15, 0.2) is 6.20 Å². The monoisotopic (exact) mass is 306 g/mol. The highest BCUT2D eigenvalue weighted by molar-refractivity contribution is 6.33. The topological polar surface area (TPSA) is 80.9 Å². The summed E-state index contributed by atoms with van der Waals surface area (Å²) < 4.78 is 0. The molecule has 0 aliphatic rings. The van der Waals surface area contributed by atoms with E-state index in [1.54, 1.807) is 0 Å². The molecule has 3 N–H and O–H groups in total. The summed E-state index contributed by atoms with van der Waals surface area (Å²) in [7, 11) is 0. The van der Waals surface area contributed by atoms with Gasteiger partial charge in [0.2, 0.25) is 0 Å². The predicted molar refractivity (Wildman–Crippen MR) is 79.0 cm³/mol. The molecular weight excluding hydrogens is 287 g/mol. The number of carbonyl (C=O) groups excluding carboxylic acids is 1. The molecule has 0 unspecified atom stereocenters. The smallest absolute Gasteiger partial charge is 0.271 e. The van der Waals surface area contributed by atoms with E-state index in [4.69, 9.17) is 17.3 Å². The molecule has 0 atom stereocenters. The summed E-state index contributed by atoms with van der Waals surface area (Å²) in [5.74, 6) is 0.402. The SMILES string of the molecule is CC(C)c1ncc(Cl)c(C(=O)NCC(C)(C)N)n1.Cl. The summed E-state index contributed by atoms with van der Waals surface area (Å²) in [4.78, 5) is 20.2. The van der Waals surface area contributed by atoms with Crippen molar-refractivity contribution in [2.75, 3.05) is 6.54 Å². The Labute approximate surface area is 124 Å². The lowest BCUT2D eigenvalue weighted by Crippen LogP contribution is -2.45. The van der Waals surface area contributed by atoms with Gasteiger partial charge in [-0.3, -0.25) is 4.79 Å². The van der Waals surface area contributed by atoms with Crippen LogP contribution in [0, 0.1) is 0 Å². The van der Waals surface area contributed by atoms with Crippen molar-refractivity contribution < 1.29 is 4.79 Å². The average Bonchev–Trinajstić information content (AvgIpc) is 2.25. The van der Waals surface area contributed by atoms with Gasteiger partial charge in [-0.1, -0.05) is 25.4 Å². The second-order valence-corrected chi connectivity index (χ2v) is 5.66. The van der Waals surface area contributed by atoms with Crippen LogP contribution in [-0.2, 0) is 0 Å². The third-order valence-electron chi connectivity index (χ3n) is 2.20. The van der Waals surface area contributed by atoms with Gasteiger partial charge in [-0.25, -0.2) is 9.97 Å². The molecule has 5 nitrogen and oxygen atoms in total. The van der Waals surface area contributed by atoms with Crippen LogP contribution in [0.3, 0.4) is 0 Å². The van der Waals surface area contributed by atoms with Gasteiger partial charge in [0.15, 0.2) is 0 Å². The van der Waals surface area contributed by atoms with Gasteiger partial charge in [0.1, 0.15) is 11.5 Å². The lowest BCUT2D eigenvalue weighted by atomic mass is 10.1. The summed E-state index contributed by atoms with van der Waals surface area (Å²) in [6.07, 6.45) is 1.45. The van der Waals surface area contributed by atoms with E-state index in [2.05, 4.69) is 15.3 Å². The van der Waals surface area contributed by atoms with Gasteiger partial charge in [-0.15, -0.1) is 12.4 Å². The molecule has 0 bridgehead atoms. The second kappa shape index (κ2) is 7.03. The minimum Gasteiger partial charge on any atom is -0.349 e. The number of amides is 1. The van der Waals surface area contributed by atoms with Crippen LogP contribution < -0.4 is 11.1 Å².